The van der Waals surface area contributed by atoms with E-state index in [4.69, 9.17) is 0 Å². The molecule has 1 atom stereocenters. The Morgan fingerprint density at radius 1 is 1.15 bits per heavy atom. The minimum atomic E-state index is -1.23. The number of hydrogen-bond donors (Lipinski definition) is 0. The Balaban J connectivity index is 2.49. The number of benzene rings is 2. The maximum absolute atomic E-state index is 13.6. The fourth-order valence-corrected chi connectivity index (χ4v) is 2.34. The van der Waals surface area contributed by atoms with Crippen LogP contribution in [-0.4, -0.2) is 5.78 Å². The smallest absolute Gasteiger partial charge is 0.187 e. The second-order valence-corrected chi connectivity index (χ2v) is 4.90. The highest BCUT2D eigenvalue weighted by molar-refractivity contribution is 9.10. The van der Waals surface area contributed by atoms with Gasteiger partial charge in [0.05, 0.1) is 11.6 Å². The molecule has 0 aliphatic rings. The van der Waals surface area contributed by atoms with Gasteiger partial charge in [0.25, 0.3) is 0 Å². The highest BCUT2D eigenvalue weighted by Gasteiger charge is 2.26. The molecule has 0 bridgehead atoms. The van der Waals surface area contributed by atoms with E-state index in [1.54, 1.807) is 24.3 Å². The first-order valence-electron chi connectivity index (χ1n) is 5.68. The molecule has 0 aromatic heterocycles. The summed E-state index contributed by atoms with van der Waals surface area (Å²) < 4.78 is 27.4. The van der Waals surface area contributed by atoms with Crippen molar-refractivity contribution in [2.45, 2.75) is 5.92 Å². The zero-order valence-corrected chi connectivity index (χ0v) is 11.7. The van der Waals surface area contributed by atoms with E-state index in [0.29, 0.717) is 10.0 Å². The van der Waals surface area contributed by atoms with Gasteiger partial charge in [-0.25, -0.2) is 8.78 Å². The topological polar surface area (TPSA) is 40.9 Å². The molecule has 0 fully saturated rings. The number of halogens is 3. The Kier molecular flexibility index (Phi) is 4.26. The molecular formula is C15H8BrF2NO. The minimum absolute atomic E-state index is 0.420. The van der Waals surface area contributed by atoms with E-state index in [1.807, 2.05) is 6.07 Å². The summed E-state index contributed by atoms with van der Waals surface area (Å²) in [6, 6.07) is 11.8. The summed E-state index contributed by atoms with van der Waals surface area (Å²) in [5.74, 6) is -4.30. The molecule has 0 heterocycles. The van der Waals surface area contributed by atoms with Gasteiger partial charge < -0.3 is 0 Å². The standard InChI is InChI=1S/C15H8BrF2NO/c16-12-6-2-1-4-9(12)11(8-19)15(20)10-5-3-7-13(17)14(10)18/h1-7,11H. The van der Waals surface area contributed by atoms with E-state index in [-0.39, 0.29) is 0 Å². The van der Waals surface area contributed by atoms with Gasteiger partial charge >= 0.3 is 0 Å². The van der Waals surface area contributed by atoms with Crippen LogP contribution in [-0.2, 0) is 0 Å². The number of carbonyl (C=O) groups excluding carboxylic acids is 1. The Morgan fingerprint density at radius 3 is 2.50 bits per heavy atom. The van der Waals surface area contributed by atoms with Crippen molar-refractivity contribution < 1.29 is 13.6 Å². The average Bonchev–Trinajstić information content (AvgIpc) is 2.44. The Morgan fingerprint density at radius 2 is 1.85 bits per heavy atom. The summed E-state index contributed by atoms with van der Waals surface area (Å²) in [5, 5.41) is 9.19. The van der Waals surface area contributed by atoms with Crippen LogP contribution < -0.4 is 0 Å². The van der Waals surface area contributed by atoms with Crippen molar-refractivity contribution in [3.8, 4) is 6.07 Å². The van der Waals surface area contributed by atoms with Gasteiger partial charge in [0, 0.05) is 4.47 Å². The van der Waals surface area contributed by atoms with Crippen LogP contribution in [0.5, 0.6) is 0 Å². The van der Waals surface area contributed by atoms with Crippen LogP contribution in [0.15, 0.2) is 46.9 Å². The highest BCUT2D eigenvalue weighted by atomic mass is 79.9. The summed E-state index contributed by atoms with van der Waals surface area (Å²) >= 11 is 3.24. The average molecular weight is 336 g/mol. The van der Waals surface area contributed by atoms with Crippen LogP contribution in [0.4, 0.5) is 8.78 Å². The van der Waals surface area contributed by atoms with E-state index in [2.05, 4.69) is 15.9 Å². The van der Waals surface area contributed by atoms with E-state index >= 15 is 0 Å². The first kappa shape index (κ1) is 14.4. The summed E-state index contributed by atoms with van der Waals surface area (Å²) in [4.78, 5) is 12.3. The van der Waals surface area contributed by atoms with Crippen LogP contribution in [0.3, 0.4) is 0 Å². The lowest BCUT2D eigenvalue weighted by Gasteiger charge is -2.11. The van der Waals surface area contributed by atoms with Crippen molar-refractivity contribution >= 4 is 21.7 Å². The van der Waals surface area contributed by atoms with Crippen molar-refractivity contribution in [3.05, 3.63) is 69.7 Å². The van der Waals surface area contributed by atoms with E-state index in [9.17, 15) is 18.8 Å². The van der Waals surface area contributed by atoms with Crippen LogP contribution in [0.2, 0.25) is 0 Å². The zero-order valence-electron chi connectivity index (χ0n) is 10.1. The van der Waals surface area contributed by atoms with Gasteiger partial charge in [0.15, 0.2) is 17.4 Å². The summed E-state index contributed by atoms with van der Waals surface area (Å²) in [7, 11) is 0. The third kappa shape index (κ3) is 2.61. The van der Waals surface area contributed by atoms with E-state index < -0.39 is 28.9 Å². The fraction of sp³-hybridized carbons (Fsp3) is 0.0667. The van der Waals surface area contributed by atoms with Gasteiger partial charge in [-0.15, -0.1) is 0 Å². The van der Waals surface area contributed by atoms with E-state index in [0.717, 1.165) is 6.07 Å². The predicted molar refractivity (Wildman–Crippen MR) is 73.2 cm³/mol. The monoisotopic (exact) mass is 335 g/mol. The molecule has 0 radical (unpaired) electrons. The second-order valence-electron chi connectivity index (χ2n) is 4.05. The SMILES string of the molecule is N#CC(C(=O)c1cccc(F)c1F)c1ccccc1Br. The summed E-state index contributed by atoms with van der Waals surface area (Å²) in [6.07, 6.45) is 0. The van der Waals surface area contributed by atoms with Gasteiger partial charge in [-0.1, -0.05) is 40.2 Å². The van der Waals surface area contributed by atoms with Gasteiger partial charge in [-0.2, -0.15) is 5.26 Å². The fourth-order valence-electron chi connectivity index (χ4n) is 1.83. The van der Waals surface area contributed by atoms with Crippen molar-refractivity contribution in [2.24, 2.45) is 0 Å². The number of nitriles is 1. The highest BCUT2D eigenvalue weighted by Crippen LogP contribution is 2.28. The van der Waals surface area contributed by atoms with E-state index in [1.165, 1.54) is 12.1 Å². The van der Waals surface area contributed by atoms with Gasteiger partial charge in [0.1, 0.15) is 5.92 Å². The molecule has 0 saturated heterocycles. The van der Waals surface area contributed by atoms with Crippen LogP contribution in [0.1, 0.15) is 21.8 Å². The molecule has 0 aliphatic heterocycles. The third-order valence-corrected chi connectivity index (χ3v) is 3.55. The first-order valence-corrected chi connectivity index (χ1v) is 6.48. The molecular weight excluding hydrogens is 328 g/mol. The lowest BCUT2D eigenvalue weighted by Crippen LogP contribution is -2.14. The van der Waals surface area contributed by atoms with Gasteiger partial charge in [0.2, 0.25) is 0 Å². The number of rotatable bonds is 3. The summed E-state index contributed by atoms with van der Waals surface area (Å²) in [5.41, 5.74) is -0.00374. The number of Topliss-reactive ketones (excluding diaryl/α,β-unsaturated/α-hetero) is 1. The molecule has 2 aromatic carbocycles. The van der Waals surface area contributed by atoms with Crippen molar-refractivity contribution in [2.75, 3.05) is 0 Å². The van der Waals surface area contributed by atoms with Crippen molar-refractivity contribution in [1.82, 2.24) is 0 Å². The normalized spacial score (nSPS) is 11.7. The minimum Gasteiger partial charge on any atom is -0.292 e. The maximum atomic E-state index is 13.6. The molecule has 0 aliphatic carbocycles. The molecule has 2 rings (SSSR count). The Bertz CT molecular complexity index is 709. The Hall–Kier alpha value is -2.06. The van der Waals surface area contributed by atoms with Crippen LogP contribution >= 0.6 is 15.9 Å². The predicted octanol–water partition coefficient (Wildman–Crippen LogP) is 4.22. The van der Waals surface area contributed by atoms with Crippen molar-refractivity contribution in [3.63, 3.8) is 0 Å². The summed E-state index contributed by atoms with van der Waals surface area (Å²) in [6.45, 7) is 0. The molecule has 20 heavy (non-hydrogen) atoms. The van der Waals surface area contributed by atoms with Crippen LogP contribution in [0.25, 0.3) is 0 Å². The maximum Gasteiger partial charge on any atom is 0.187 e. The second kappa shape index (κ2) is 5.93. The number of hydrogen-bond acceptors (Lipinski definition) is 2. The molecule has 100 valence electrons. The third-order valence-electron chi connectivity index (χ3n) is 2.82. The molecule has 2 nitrogen and oxygen atoms in total. The lowest BCUT2D eigenvalue weighted by molar-refractivity contribution is 0.0973. The van der Waals surface area contributed by atoms with Crippen LogP contribution in [0, 0.1) is 23.0 Å². The molecule has 5 heteroatoms. The lowest BCUT2D eigenvalue weighted by atomic mass is 9.91. The first-order chi connectivity index (χ1) is 9.56. The largest absolute Gasteiger partial charge is 0.292 e. The van der Waals surface area contributed by atoms with Gasteiger partial charge in [-0.3, -0.25) is 4.79 Å². The molecule has 0 saturated carbocycles. The Labute approximate surface area is 122 Å². The number of ketones is 1. The van der Waals surface area contributed by atoms with Crippen molar-refractivity contribution in [1.29, 1.82) is 5.26 Å². The molecule has 0 N–H and O–H groups in total. The van der Waals surface area contributed by atoms with Gasteiger partial charge in [-0.05, 0) is 23.8 Å². The molecule has 0 spiro atoms. The quantitative estimate of drug-likeness (QED) is 0.788. The molecule has 2 aromatic rings. The number of nitrogens with zero attached hydrogens (tertiary/aromatic N) is 1. The zero-order chi connectivity index (χ0) is 14.7. The molecule has 1 unspecified atom stereocenters. The molecule has 0 amide bonds. The number of carbonyl (C=O) groups is 1.